The van der Waals surface area contributed by atoms with Gasteiger partial charge >= 0.3 is 0 Å². The van der Waals surface area contributed by atoms with Gasteiger partial charge in [-0.15, -0.1) is 0 Å². The van der Waals surface area contributed by atoms with Crippen LogP contribution >= 0.6 is 0 Å². The Morgan fingerprint density at radius 3 is 2.54 bits per heavy atom. The summed E-state index contributed by atoms with van der Waals surface area (Å²) in [5, 5.41) is 3.45. The number of fused-ring (bicyclic) bond motifs is 3. The summed E-state index contributed by atoms with van der Waals surface area (Å²) in [5.41, 5.74) is 2.36. The third-order valence-corrected chi connectivity index (χ3v) is 7.12. The highest BCUT2D eigenvalue weighted by atomic mass is 32.2. The second-order valence-electron chi connectivity index (χ2n) is 6.65. The van der Waals surface area contributed by atoms with E-state index in [4.69, 9.17) is 0 Å². The number of nitrogens with zero attached hydrogens (tertiary/aromatic N) is 1. The Labute approximate surface area is 143 Å². The highest BCUT2D eigenvalue weighted by Crippen LogP contribution is 2.44. The van der Waals surface area contributed by atoms with Crippen molar-refractivity contribution >= 4 is 15.5 Å². The lowest BCUT2D eigenvalue weighted by Crippen LogP contribution is -2.30. The first-order valence-electron chi connectivity index (χ1n) is 8.46. The van der Waals surface area contributed by atoms with Crippen LogP contribution in [0.15, 0.2) is 58.3 Å². The zero-order valence-corrected chi connectivity index (χ0v) is 14.6. The molecule has 2 heterocycles. The first-order chi connectivity index (χ1) is 11.6. The summed E-state index contributed by atoms with van der Waals surface area (Å²) in [4.78, 5) is 3.08. The summed E-state index contributed by atoms with van der Waals surface area (Å²) in [6.45, 7) is 2.01. The highest BCUT2D eigenvalue weighted by molar-refractivity contribution is 7.91. The second-order valence-corrected chi connectivity index (χ2v) is 8.60. The average molecular weight is 342 g/mol. The van der Waals surface area contributed by atoms with Gasteiger partial charge in [-0.3, -0.25) is 0 Å². The van der Waals surface area contributed by atoms with Crippen molar-refractivity contribution in [1.82, 2.24) is 5.32 Å². The van der Waals surface area contributed by atoms with Gasteiger partial charge in [0.25, 0.3) is 0 Å². The van der Waals surface area contributed by atoms with Crippen molar-refractivity contribution < 1.29 is 8.42 Å². The lowest BCUT2D eigenvalue weighted by atomic mass is 9.91. The van der Waals surface area contributed by atoms with Crippen molar-refractivity contribution in [3.05, 3.63) is 54.1 Å². The quantitative estimate of drug-likeness (QED) is 0.912. The minimum absolute atomic E-state index is 0.357. The van der Waals surface area contributed by atoms with E-state index in [1.165, 1.54) is 11.3 Å². The van der Waals surface area contributed by atoms with Crippen LogP contribution in [0.1, 0.15) is 24.3 Å². The normalized spacial score (nSPS) is 23.5. The van der Waals surface area contributed by atoms with E-state index >= 15 is 0 Å². The zero-order valence-electron chi connectivity index (χ0n) is 13.8. The molecule has 4 rings (SSSR count). The Kier molecular flexibility index (Phi) is 3.85. The summed E-state index contributed by atoms with van der Waals surface area (Å²) >= 11 is 0. The first-order valence-corrected chi connectivity index (χ1v) is 9.95. The maximum absolute atomic E-state index is 12.9. The fourth-order valence-electron chi connectivity index (χ4n) is 4.08. The molecule has 1 saturated heterocycles. The third kappa shape index (κ3) is 2.43. The van der Waals surface area contributed by atoms with Crippen molar-refractivity contribution in [3.8, 4) is 0 Å². The Morgan fingerprint density at radius 2 is 1.75 bits per heavy atom. The Morgan fingerprint density at radius 1 is 1.00 bits per heavy atom. The molecule has 0 aliphatic carbocycles. The highest BCUT2D eigenvalue weighted by Gasteiger charge is 2.37. The number of nitrogens with one attached hydrogen (secondary N) is 1. The maximum Gasteiger partial charge on any atom is 0.206 e. The van der Waals surface area contributed by atoms with E-state index in [0.717, 1.165) is 25.9 Å². The maximum atomic E-state index is 12.9. The first kappa shape index (κ1) is 15.7. The lowest BCUT2D eigenvalue weighted by molar-refractivity contribution is 0.531. The van der Waals surface area contributed by atoms with Gasteiger partial charge in [0.15, 0.2) is 0 Å². The molecule has 2 aliphatic rings. The van der Waals surface area contributed by atoms with E-state index < -0.39 is 9.84 Å². The summed E-state index contributed by atoms with van der Waals surface area (Å²) in [7, 11) is -1.33. The summed E-state index contributed by atoms with van der Waals surface area (Å²) in [6, 6.07) is 14.8. The van der Waals surface area contributed by atoms with Crippen LogP contribution in [0.2, 0.25) is 0 Å². The number of hydrogen-bond donors (Lipinski definition) is 1. The Balaban J connectivity index is 1.78. The predicted molar refractivity (Wildman–Crippen MR) is 95.4 cm³/mol. The van der Waals surface area contributed by atoms with Gasteiger partial charge in [0.2, 0.25) is 9.84 Å². The van der Waals surface area contributed by atoms with Gasteiger partial charge < -0.3 is 10.2 Å². The minimum atomic E-state index is -3.46. The largest absolute Gasteiger partial charge is 0.371 e. The van der Waals surface area contributed by atoms with Crippen LogP contribution in [0.3, 0.4) is 0 Å². The van der Waals surface area contributed by atoms with Gasteiger partial charge in [0.1, 0.15) is 0 Å². The number of sulfone groups is 1. The molecule has 1 N–H and O–H groups in total. The third-order valence-electron chi connectivity index (χ3n) is 5.35. The molecule has 0 bridgehead atoms. The van der Waals surface area contributed by atoms with Crippen LogP contribution in [0.4, 0.5) is 5.69 Å². The summed E-state index contributed by atoms with van der Waals surface area (Å²) in [6.07, 6.45) is 2.15. The van der Waals surface area contributed by atoms with Gasteiger partial charge in [-0.05, 0) is 61.8 Å². The van der Waals surface area contributed by atoms with Gasteiger partial charge in [0.05, 0.1) is 9.79 Å². The van der Waals surface area contributed by atoms with Crippen molar-refractivity contribution in [2.24, 2.45) is 0 Å². The average Bonchev–Trinajstić information content (AvgIpc) is 2.78. The number of hydrogen-bond acceptors (Lipinski definition) is 4. The predicted octanol–water partition coefficient (Wildman–Crippen LogP) is 2.80. The van der Waals surface area contributed by atoms with Crippen molar-refractivity contribution in [1.29, 1.82) is 0 Å². The molecule has 5 heteroatoms. The molecule has 1 fully saturated rings. The molecular formula is C19H22N2O2S. The van der Waals surface area contributed by atoms with Gasteiger partial charge in [-0.1, -0.05) is 18.2 Å². The van der Waals surface area contributed by atoms with Crippen molar-refractivity contribution in [2.75, 3.05) is 25.0 Å². The van der Waals surface area contributed by atoms with E-state index in [2.05, 4.69) is 17.3 Å². The zero-order chi connectivity index (χ0) is 16.7. The van der Waals surface area contributed by atoms with E-state index in [-0.39, 0.29) is 0 Å². The Hall–Kier alpha value is -1.85. The summed E-state index contributed by atoms with van der Waals surface area (Å²) < 4.78 is 25.8. The second kappa shape index (κ2) is 5.90. The lowest BCUT2D eigenvalue weighted by Gasteiger charge is -2.24. The van der Waals surface area contributed by atoms with E-state index in [1.807, 2.05) is 18.2 Å². The van der Waals surface area contributed by atoms with Crippen LogP contribution in [0.25, 0.3) is 0 Å². The number of benzene rings is 2. The SMILES string of the molecule is CN1c2ccc(S(=O)(=O)c3ccccc3)cc2[C@@H]2CCNCCC21. The van der Waals surface area contributed by atoms with Crippen molar-refractivity contribution in [3.63, 3.8) is 0 Å². The molecule has 2 aromatic rings. The summed E-state index contributed by atoms with van der Waals surface area (Å²) in [5.74, 6) is 0.408. The minimum Gasteiger partial charge on any atom is -0.371 e. The van der Waals surface area contributed by atoms with E-state index in [1.54, 1.807) is 30.3 Å². The topological polar surface area (TPSA) is 49.4 Å². The molecule has 2 aliphatic heterocycles. The van der Waals surface area contributed by atoms with Gasteiger partial charge in [-0.25, -0.2) is 8.42 Å². The molecule has 126 valence electrons. The number of anilines is 1. The molecule has 2 aromatic carbocycles. The monoisotopic (exact) mass is 342 g/mol. The fraction of sp³-hybridized carbons (Fsp3) is 0.368. The molecule has 2 atom stereocenters. The number of rotatable bonds is 2. The smallest absolute Gasteiger partial charge is 0.206 e. The van der Waals surface area contributed by atoms with Crippen LogP contribution in [0, 0.1) is 0 Å². The van der Waals surface area contributed by atoms with Crippen LogP contribution in [-0.4, -0.2) is 34.6 Å². The van der Waals surface area contributed by atoms with E-state index in [0.29, 0.717) is 21.8 Å². The fourth-order valence-corrected chi connectivity index (χ4v) is 5.40. The van der Waals surface area contributed by atoms with Crippen molar-refractivity contribution in [2.45, 2.75) is 34.6 Å². The van der Waals surface area contributed by atoms with E-state index in [9.17, 15) is 8.42 Å². The number of likely N-dealkylation sites (N-methyl/N-ethyl adjacent to an activating group) is 1. The standard InChI is InChI=1S/C19H22N2O2S/c1-21-18-8-7-15(24(22,23)14-5-3-2-4-6-14)13-17(18)16-9-11-20-12-10-19(16)21/h2-8,13,16,19-20H,9-12H2,1H3/t16-,19?/m0/s1. The molecule has 1 unspecified atom stereocenters. The molecule has 4 nitrogen and oxygen atoms in total. The molecule has 0 saturated carbocycles. The Bertz CT molecular complexity index is 849. The molecule has 0 aromatic heterocycles. The molecular weight excluding hydrogens is 320 g/mol. The molecule has 0 radical (unpaired) electrons. The van der Waals surface area contributed by atoms with Crippen LogP contribution < -0.4 is 10.2 Å². The van der Waals surface area contributed by atoms with Gasteiger partial charge in [-0.2, -0.15) is 0 Å². The molecule has 0 spiro atoms. The molecule has 0 amide bonds. The van der Waals surface area contributed by atoms with Gasteiger partial charge in [0, 0.05) is 24.7 Å². The van der Waals surface area contributed by atoms with Crippen LogP contribution in [0.5, 0.6) is 0 Å². The van der Waals surface area contributed by atoms with Crippen LogP contribution in [-0.2, 0) is 9.84 Å². The molecule has 24 heavy (non-hydrogen) atoms.